The van der Waals surface area contributed by atoms with E-state index in [0.717, 1.165) is 46.8 Å². The van der Waals surface area contributed by atoms with Crippen molar-refractivity contribution in [2.45, 2.75) is 38.6 Å². The van der Waals surface area contributed by atoms with Crippen LogP contribution in [0.4, 0.5) is 11.1 Å². The second-order valence-electron chi connectivity index (χ2n) is 6.72. The number of hydrogen-bond donors (Lipinski definition) is 1. The Labute approximate surface area is 144 Å². The maximum Gasteiger partial charge on any atom is 0.226 e. The van der Waals surface area contributed by atoms with E-state index in [1.54, 1.807) is 0 Å². The number of rotatable bonds is 2. The standard InChI is InChI=1S/C18H19N5S/c1-10-7-8-23(10)18-21-13-4-2-3-12(13)16(22-18)11-5-6-15-14(9-11)20-17(19)24-15/h5-6,9-10H,2-4,7-8H2,1H3,(H2,19,20)/t10-/m0/s1. The second-order valence-corrected chi connectivity index (χ2v) is 7.78. The molecule has 2 aliphatic rings. The highest BCUT2D eigenvalue weighted by molar-refractivity contribution is 7.22. The van der Waals surface area contributed by atoms with Crippen molar-refractivity contribution < 1.29 is 0 Å². The number of anilines is 2. The maximum atomic E-state index is 5.85. The molecule has 0 amide bonds. The highest BCUT2D eigenvalue weighted by atomic mass is 32.1. The average Bonchev–Trinajstić information content (AvgIpc) is 3.16. The molecule has 0 radical (unpaired) electrons. The fourth-order valence-corrected chi connectivity index (χ4v) is 4.41. The zero-order valence-electron chi connectivity index (χ0n) is 13.6. The van der Waals surface area contributed by atoms with Crippen LogP contribution in [-0.4, -0.2) is 27.5 Å². The van der Waals surface area contributed by atoms with Gasteiger partial charge in [-0.05, 0) is 44.7 Å². The molecule has 6 heteroatoms. The third-order valence-corrected chi connectivity index (χ3v) is 6.04. The highest BCUT2D eigenvalue weighted by Crippen LogP contribution is 2.35. The van der Waals surface area contributed by atoms with Crippen LogP contribution in [0.25, 0.3) is 21.5 Å². The second kappa shape index (κ2) is 5.14. The zero-order valence-corrected chi connectivity index (χ0v) is 14.4. The Balaban J connectivity index is 1.67. The Morgan fingerprint density at radius 3 is 2.92 bits per heavy atom. The Bertz CT molecular complexity index is 948. The third kappa shape index (κ3) is 2.09. The van der Waals surface area contributed by atoms with Crippen LogP contribution in [0.2, 0.25) is 0 Å². The van der Waals surface area contributed by atoms with Crippen LogP contribution in [0.1, 0.15) is 31.0 Å². The summed E-state index contributed by atoms with van der Waals surface area (Å²) in [5, 5.41) is 0.616. The predicted molar refractivity (Wildman–Crippen MR) is 98.5 cm³/mol. The SMILES string of the molecule is C[C@H]1CCN1c1nc2c(c(-c3ccc4sc(N)nc4c3)n1)CCC2. The van der Waals surface area contributed by atoms with Gasteiger partial charge in [-0.3, -0.25) is 0 Å². The molecule has 0 bridgehead atoms. The molecule has 1 fully saturated rings. The molecule has 1 aromatic carbocycles. The van der Waals surface area contributed by atoms with Gasteiger partial charge in [0.15, 0.2) is 5.13 Å². The molecule has 0 spiro atoms. The number of thiazole rings is 1. The molecule has 1 aliphatic heterocycles. The van der Waals surface area contributed by atoms with Gasteiger partial charge in [0.1, 0.15) is 0 Å². The summed E-state index contributed by atoms with van der Waals surface area (Å²) in [5.74, 6) is 0.891. The van der Waals surface area contributed by atoms with Crippen LogP contribution >= 0.6 is 11.3 Å². The van der Waals surface area contributed by atoms with Crippen LogP contribution in [-0.2, 0) is 12.8 Å². The lowest BCUT2D eigenvalue weighted by Gasteiger charge is -2.39. The summed E-state index contributed by atoms with van der Waals surface area (Å²) in [6, 6.07) is 6.91. The molecule has 3 aromatic rings. The molecule has 0 saturated carbocycles. The molecule has 1 aliphatic carbocycles. The van der Waals surface area contributed by atoms with Gasteiger partial charge in [-0.15, -0.1) is 0 Å². The third-order valence-electron chi connectivity index (χ3n) is 5.18. The predicted octanol–water partition coefficient (Wildman–Crippen LogP) is 3.42. The minimum absolute atomic E-state index is 0.540. The highest BCUT2D eigenvalue weighted by Gasteiger charge is 2.29. The van der Waals surface area contributed by atoms with Crippen molar-refractivity contribution in [2.75, 3.05) is 17.2 Å². The molecule has 1 atom stereocenters. The first-order valence-corrected chi connectivity index (χ1v) is 9.33. The minimum atomic E-state index is 0.540. The topological polar surface area (TPSA) is 67.9 Å². The molecular formula is C18H19N5S. The van der Waals surface area contributed by atoms with E-state index in [1.165, 1.54) is 35.4 Å². The first kappa shape index (κ1) is 14.2. The van der Waals surface area contributed by atoms with E-state index in [0.29, 0.717) is 11.2 Å². The lowest BCUT2D eigenvalue weighted by molar-refractivity contribution is 0.470. The van der Waals surface area contributed by atoms with Crippen molar-refractivity contribution in [1.29, 1.82) is 0 Å². The molecular weight excluding hydrogens is 318 g/mol. The maximum absolute atomic E-state index is 5.85. The summed E-state index contributed by atoms with van der Waals surface area (Å²) in [7, 11) is 0. The number of aromatic nitrogens is 3. The number of benzene rings is 1. The summed E-state index contributed by atoms with van der Waals surface area (Å²) in [5.41, 5.74) is 11.6. The summed E-state index contributed by atoms with van der Waals surface area (Å²) >= 11 is 1.53. The summed E-state index contributed by atoms with van der Waals surface area (Å²) in [6.07, 6.45) is 4.52. The lowest BCUT2D eigenvalue weighted by Crippen LogP contribution is -2.46. The van der Waals surface area contributed by atoms with E-state index in [1.807, 2.05) is 0 Å². The normalized spacial score (nSPS) is 19.5. The number of aryl methyl sites for hydroxylation is 1. The van der Waals surface area contributed by atoms with Crippen molar-refractivity contribution in [1.82, 2.24) is 15.0 Å². The lowest BCUT2D eigenvalue weighted by atomic mass is 10.0. The Kier molecular flexibility index (Phi) is 3.03. The Hall–Kier alpha value is -2.21. The van der Waals surface area contributed by atoms with Gasteiger partial charge in [0.2, 0.25) is 5.95 Å². The van der Waals surface area contributed by atoms with Crippen LogP contribution in [0.3, 0.4) is 0 Å². The van der Waals surface area contributed by atoms with E-state index in [4.69, 9.17) is 15.7 Å². The zero-order chi connectivity index (χ0) is 16.3. The van der Waals surface area contributed by atoms with Crippen molar-refractivity contribution in [3.8, 4) is 11.3 Å². The van der Waals surface area contributed by atoms with Crippen LogP contribution < -0.4 is 10.6 Å². The van der Waals surface area contributed by atoms with E-state index in [2.05, 4.69) is 35.0 Å². The van der Waals surface area contributed by atoms with Gasteiger partial charge in [0.25, 0.3) is 0 Å². The Morgan fingerprint density at radius 1 is 1.21 bits per heavy atom. The van der Waals surface area contributed by atoms with Crippen LogP contribution in [0.15, 0.2) is 18.2 Å². The first-order valence-electron chi connectivity index (χ1n) is 8.52. The molecule has 5 rings (SSSR count). The minimum Gasteiger partial charge on any atom is -0.375 e. The van der Waals surface area contributed by atoms with E-state index < -0.39 is 0 Å². The summed E-state index contributed by atoms with van der Waals surface area (Å²) < 4.78 is 1.12. The van der Waals surface area contributed by atoms with Crippen molar-refractivity contribution in [3.05, 3.63) is 29.5 Å². The van der Waals surface area contributed by atoms with E-state index in [-0.39, 0.29) is 0 Å². The molecule has 24 heavy (non-hydrogen) atoms. The van der Waals surface area contributed by atoms with Gasteiger partial charge in [-0.1, -0.05) is 17.4 Å². The quantitative estimate of drug-likeness (QED) is 0.776. The monoisotopic (exact) mass is 337 g/mol. The number of fused-ring (bicyclic) bond motifs is 2. The fourth-order valence-electron chi connectivity index (χ4n) is 3.69. The van der Waals surface area contributed by atoms with Gasteiger partial charge in [0.05, 0.1) is 15.9 Å². The van der Waals surface area contributed by atoms with Crippen LogP contribution in [0, 0.1) is 0 Å². The first-order chi connectivity index (χ1) is 11.7. The van der Waals surface area contributed by atoms with Gasteiger partial charge in [-0.2, -0.15) is 0 Å². The number of nitrogens with zero attached hydrogens (tertiary/aromatic N) is 4. The van der Waals surface area contributed by atoms with E-state index >= 15 is 0 Å². The number of nitrogen functional groups attached to an aromatic ring is 1. The van der Waals surface area contributed by atoms with Crippen molar-refractivity contribution in [3.63, 3.8) is 0 Å². The molecule has 122 valence electrons. The largest absolute Gasteiger partial charge is 0.375 e. The molecule has 5 nitrogen and oxygen atoms in total. The van der Waals surface area contributed by atoms with Gasteiger partial charge >= 0.3 is 0 Å². The van der Waals surface area contributed by atoms with Crippen molar-refractivity contribution in [2.24, 2.45) is 0 Å². The number of nitrogens with two attached hydrogens (primary N) is 1. The number of hydrogen-bond acceptors (Lipinski definition) is 6. The molecule has 1 saturated heterocycles. The van der Waals surface area contributed by atoms with Gasteiger partial charge in [0, 0.05) is 29.4 Å². The van der Waals surface area contributed by atoms with E-state index in [9.17, 15) is 0 Å². The molecule has 3 heterocycles. The van der Waals surface area contributed by atoms with Crippen LogP contribution in [0.5, 0.6) is 0 Å². The average molecular weight is 337 g/mol. The van der Waals surface area contributed by atoms with Gasteiger partial charge < -0.3 is 10.6 Å². The fraction of sp³-hybridized carbons (Fsp3) is 0.389. The smallest absolute Gasteiger partial charge is 0.226 e. The Morgan fingerprint density at radius 2 is 2.12 bits per heavy atom. The summed E-state index contributed by atoms with van der Waals surface area (Å²) in [6.45, 7) is 3.30. The summed E-state index contributed by atoms with van der Waals surface area (Å²) in [4.78, 5) is 16.6. The van der Waals surface area contributed by atoms with Gasteiger partial charge in [-0.25, -0.2) is 15.0 Å². The molecule has 2 N–H and O–H groups in total. The molecule has 0 unspecified atom stereocenters. The molecule has 2 aromatic heterocycles. The van der Waals surface area contributed by atoms with Crippen molar-refractivity contribution >= 4 is 32.6 Å².